The molecule has 0 radical (unpaired) electrons. The number of carbonyl (C=O) groups is 2. The van der Waals surface area contributed by atoms with Gasteiger partial charge in [0.1, 0.15) is 13.2 Å². The quantitative estimate of drug-likeness (QED) is 0.764. The van der Waals surface area contributed by atoms with Gasteiger partial charge in [-0.3, -0.25) is 19.1 Å². The van der Waals surface area contributed by atoms with Crippen molar-refractivity contribution >= 4 is 34.3 Å². The second-order valence-corrected chi connectivity index (χ2v) is 6.06. The van der Waals surface area contributed by atoms with E-state index in [0.29, 0.717) is 35.4 Å². The maximum atomic E-state index is 12.5. The number of hydrogen-bond donors (Lipinski definition) is 1. The Morgan fingerprint density at radius 3 is 2.81 bits per heavy atom. The van der Waals surface area contributed by atoms with Gasteiger partial charge in [0.25, 0.3) is 5.56 Å². The standard InChI is InChI=1S/C19H16N4O4/c24-17(11-22-12-20-16-7-2-1-6-15(16)18(22)25)21-13-4-3-5-14(10-13)23-8-9-27-19(23)26/h1-7,10,12H,8-9,11H2,(H,21,24). The topological polar surface area (TPSA) is 93.5 Å². The molecule has 1 aliphatic heterocycles. The molecule has 8 nitrogen and oxygen atoms in total. The van der Waals surface area contributed by atoms with Crippen molar-refractivity contribution in [3.63, 3.8) is 0 Å². The van der Waals surface area contributed by atoms with Crippen LogP contribution in [-0.2, 0) is 16.1 Å². The van der Waals surface area contributed by atoms with E-state index in [-0.39, 0.29) is 18.0 Å². The maximum absolute atomic E-state index is 12.5. The van der Waals surface area contributed by atoms with Crippen LogP contribution in [0.15, 0.2) is 59.7 Å². The van der Waals surface area contributed by atoms with E-state index in [2.05, 4.69) is 10.3 Å². The minimum Gasteiger partial charge on any atom is -0.447 e. The van der Waals surface area contributed by atoms with Crippen LogP contribution in [0.4, 0.5) is 16.2 Å². The highest BCUT2D eigenvalue weighted by molar-refractivity contribution is 5.93. The second-order valence-electron chi connectivity index (χ2n) is 6.06. The molecule has 136 valence electrons. The first-order valence-corrected chi connectivity index (χ1v) is 8.40. The SMILES string of the molecule is O=C(Cn1cnc2ccccc2c1=O)Nc1cccc(N2CCOC2=O)c1. The largest absolute Gasteiger partial charge is 0.447 e. The molecule has 27 heavy (non-hydrogen) atoms. The number of amides is 2. The Bertz CT molecular complexity index is 1090. The lowest BCUT2D eigenvalue weighted by atomic mass is 10.2. The van der Waals surface area contributed by atoms with Gasteiger partial charge in [-0.05, 0) is 30.3 Å². The Morgan fingerprint density at radius 1 is 1.15 bits per heavy atom. The summed E-state index contributed by atoms with van der Waals surface area (Å²) in [5.41, 5.74) is 1.48. The first kappa shape index (κ1) is 16.8. The minimum atomic E-state index is -0.410. The molecule has 1 aromatic heterocycles. The summed E-state index contributed by atoms with van der Waals surface area (Å²) in [5, 5.41) is 3.20. The number of carbonyl (C=O) groups excluding carboxylic acids is 2. The van der Waals surface area contributed by atoms with Crippen LogP contribution in [0.2, 0.25) is 0 Å². The van der Waals surface area contributed by atoms with Crippen molar-refractivity contribution in [2.75, 3.05) is 23.4 Å². The first-order valence-electron chi connectivity index (χ1n) is 8.40. The number of aromatic nitrogens is 2. The van der Waals surface area contributed by atoms with Gasteiger partial charge in [0, 0.05) is 11.4 Å². The van der Waals surface area contributed by atoms with E-state index >= 15 is 0 Å². The van der Waals surface area contributed by atoms with E-state index in [4.69, 9.17) is 4.74 Å². The van der Waals surface area contributed by atoms with E-state index in [1.807, 2.05) is 0 Å². The van der Waals surface area contributed by atoms with Crippen molar-refractivity contribution < 1.29 is 14.3 Å². The van der Waals surface area contributed by atoms with Crippen LogP contribution < -0.4 is 15.8 Å². The van der Waals surface area contributed by atoms with Gasteiger partial charge in [0.15, 0.2) is 0 Å². The fraction of sp³-hybridized carbons (Fsp3) is 0.158. The summed E-state index contributed by atoms with van der Waals surface area (Å²) < 4.78 is 6.19. The molecule has 4 rings (SSSR count). The van der Waals surface area contributed by atoms with Crippen LogP contribution >= 0.6 is 0 Å². The molecule has 2 amide bonds. The molecular formula is C19H16N4O4. The monoisotopic (exact) mass is 364 g/mol. The maximum Gasteiger partial charge on any atom is 0.414 e. The molecule has 0 spiro atoms. The Kier molecular flexibility index (Phi) is 4.29. The van der Waals surface area contributed by atoms with Crippen LogP contribution in [0.1, 0.15) is 0 Å². The van der Waals surface area contributed by atoms with E-state index in [1.54, 1.807) is 48.5 Å². The van der Waals surface area contributed by atoms with E-state index in [0.717, 1.165) is 0 Å². The second kappa shape index (κ2) is 6.91. The third-order valence-corrected chi connectivity index (χ3v) is 4.25. The Morgan fingerprint density at radius 2 is 2.00 bits per heavy atom. The zero-order valence-electron chi connectivity index (χ0n) is 14.3. The summed E-state index contributed by atoms with van der Waals surface area (Å²) in [5.74, 6) is -0.365. The molecule has 1 aliphatic rings. The summed E-state index contributed by atoms with van der Waals surface area (Å²) >= 11 is 0. The van der Waals surface area contributed by atoms with Crippen molar-refractivity contribution in [3.05, 3.63) is 65.2 Å². The molecule has 3 aromatic rings. The van der Waals surface area contributed by atoms with E-state index < -0.39 is 6.09 Å². The number of nitrogens with one attached hydrogen (secondary N) is 1. The lowest BCUT2D eigenvalue weighted by Gasteiger charge is -2.14. The van der Waals surface area contributed by atoms with Crippen molar-refractivity contribution in [3.8, 4) is 0 Å². The van der Waals surface area contributed by atoms with E-state index in [1.165, 1.54) is 15.8 Å². The molecular weight excluding hydrogens is 348 g/mol. The van der Waals surface area contributed by atoms with Crippen LogP contribution in [0, 0.1) is 0 Å². The molecule has 1 fully saturated rings. The number of hydrogen-bond acceptors (Lipinski definition) is 5. The number of anilines is 2. The number of nitrogens with zero attached hydrogens (tertiary/aromatic N) is 3. The zero-order valence-corrected chi connectivity index (χ0v) is 14.3. The number of para-hydroxylation sites is 1. The molecule has 0 aliphatic carbocycles. The number of benzene rings is 2. The lowest BCUT2D eigenvalue weighted by molar-refractivity contribution is -0.116. The average molecular weight is 364 g/mol. The van der Waals surface area contributed by atoms with Crippen LogP contribution in [-0.4, -0.2) is 34.7 Å². The summed E-state index contributed by atoms with van der Waals surface area (Å²) in [6.45, 7) is 0.647. The molecule has 1 N–H and O–H groups in total. The minimum absolute atomic E-state index is 0.160. The van der Waals surface area contributed by atoms with Crippen molar-refractivity contribution in [2.24, 2.45) is 0 Å². The van der Waals surface area contributed by atoms with Gasteiger partial charge in [-0.2, -0.15) is 0 Å². The number of ether oxygens (including phenoxy) is 1. The van der Waals surface area contributed by atoms with Crippen molar-refractivity contribution in [1.82, 2.24) is 9.55 Å². The van der Waals surface area contributed by atoms with Crippen LogP contribution in [0.25, 0.3) is 10.9 Å². The number of fused-ring (bicyclic) bond motifs is 1. The fourth-order valence-electron chi connectivity index (χ4n) is 2.95. The van der Waals surface area contributed by atoms with Gasteiger partial charge < -0.3 is 10.1 Å². The number of rotatable bonds is 4. The van der Waals surface area contributed by atoms with Gasteiger partial charge in [-0.15, -0.1) is 0 Å². The smallest absolute Gasteiger partial charge is 0.414 e. The Hall–Kier alpha value is -3.68. The predicted octanol–water partition coefficient (Wildman–Crippen LogP) is 1.99. The zero-order chi connectivity index (χ0) is 18.8. The molecule has 0 bridgehead atoms. The number of cyclic esters (lactones) is 1. The summed E-state index contributed by atoms with van der Waals surface area (Å²) in [4.78, 5) is 42.2. The molecule has 0 unspecified atom stereocenters. The summed E-state index contributed by atoms with van der Waals surface area (Å²) in [6, 6.07) is 13.9. The highest BCUT2D eigenvalue weighted by Gasteiger charge is 2.23. The lowest BCUT2D eigenvalue weighted by Crippen LogP contribution is -2.28. The third-order valence-electron chi connectivity index (χ3n) is 4.25. The Labute approximate surface area is 154 Å². The average Bonchev–Trinajstić information content (AvgIpc) is 3.10. The van der Waals surface area contributed by atoms with Gasteiger partial charge >= 0.3 is 6.09 Å². The molecule has 8 heteroatoms. The molecule has 2 heterocycles. The van der Waals surface area contributed by atoms with Crippen LogP contribution in [0.5, 0.6) is 0 Å². The third kappa shape index (κ3) is 3.37. The highest BCUT2D eigenvalue weighted by atomic mass is 16.6. The van der Waals surface area contributed by atoms with Crippen LogP contribution in [0.3, 0.4) is 0 Å². The van der Waals surface area contributed by atoms with Gasteiger partial charge in [0.2, 0.25) is 5.91 Å². The Balaban J connectivity index is 1.51. The first-order chi connectivity index (χ1) is 13.1. The molecule has 1 saturated heterocycles. The molecule has 0 saturated carbocycles. The predicted molar refractivity (Wildman–Crippen MR) is 99.8 cm³/mol. The van der Waals surface area contributed by atoms with Crippen molar-refractivity contribution in [1.29, 1.82) is 0 Å². The highest BCUT2D eigenvalue weighted by Crippen LogP contribution is 2.22. The molecule has 2 aromatic carbocycles. The van der Waals surface area contributed by atoms with Crippen molar-refractivity contribution in [2.45, 2.75) is 6.54 Å². The van der Waals surface area contributed by atoms with Gasteiger partial charge in [-0.25, -0.2) is 9.78 Å². The molecule has 0 atom stereocenters. The fourth-order valence-corrected chi connectivity index (χ4v) is 2.95. The summed E-state index contributed by atoms with van der Waals surface area (Å²) in [7, 11) is 0. The van der Waals surface area contributed by atoms with Gasteiger partial charge in [0.05, 0.1) is 23.8 Å². The normalized spacial score (nSPS) is 13.6. The summed E-state index contributed by atoms with van der Waals surface area (Å²) in [6.07, 6.45) is 0.952. The van der Waals surface area contributed by atoms with Gasteiger partial charge in [-0.1, -0.05) is 18.2 Å². The van der Waals surface area contributed by atoms with E-state index in [9.17, 15) is 14.4 Å².